The molecule has 0 aliphatic heterocycles. The molecule has 1 aromatic rings. The number of nitrogens with two attached hydrogens (primary N) is 1. The van der Waals surface area contributed by atoms with Crippen LogP contribution in [0.4, 0.5) is 5.69 Å². The summed E-state index contributed by atoms with van der Waals surface area (Å²) in [6.45, 7) is 4.12. The van der Waals surface area contributed by atoms with Gasteiger partial charge in [0.2, 0.25) is 5.91 Å². The van der Waals surface area contributed by atoms with Gasteiger partial charge in [0.1, 0.15) is 5.03 Å². The van der Waals surface area contributed by atoms with E-state index in [0.717, 1.165) is 12.8 Å². The number of carbonyl (C=O) groups is 1. The summed E-state index contributed by atoms with van der Waals surface area (Å²) >= 11 is 1.37. The van der Waals surface area contributed by atoms with Gasteiger partial charge in [0.05, 0.1) is 11.4 Å². The smallest absolute Gasteiger partial charge is 0.230 e. The fraction of sp³-hybridized carbons (Fsp3) is 0.500. The number of amides is 1. The third-order valence-corrected chi connectivity index (χ3v) is 3.29. The molecule has 1 atom stereocenters. The average molecular weight is 253 g/mol. The van der Waals surface area contributed by atoms with Gasteiger partial charge >= 0.3 is 0 Å². The Morgan fingerprint density at radius 1 is 1.65 bits per heavy atom. The lowest BCUT2D eigenvalue weighted by Gasteiger charge is -2.12. The lowest BCUT2D eigenvalue weighted by atomic mass is 10.2. The maximum absolute atomic E-state index is 11.6. The van der Waals surface area contributed by atoms with Crippen molar-refractivity contribution in [2.75, 3.05) is 11.5 Å². The van der Waals surface area contributed by atoms with Gasteiger partial charge in [0, 0.05) is 12.2 Å². The van der Waals surface area contributed by atoms with Crippen LogP contribution in [0.25, 0.3) is 0 Å². The number of nitrogen functional groups attached to an aromatic ring is 1. The van der Waals surface area contributed by atoms with E-state index in [2.05, 4.69) is 17.2 Å². The molecule has 0 bridgehead atoms. The van der Waals surface area contributed by atoms with Crippen molar-refractivity contribution in [1.82, 2.24) is 10.3 Å². The van der Waals surface area contributed by atoms with Crippen LogP contribution in [-0.4, -0.2) is 22.7 Å². The van der Waals surface area contributed by atoms with Crippen molar-refractivity contribution in [3.63, 3.8) is 0 Å². The molecule has 3 N–H and O–H groups in total. The molecule has 1 rings (SSSR count). The number of nitrogens with one attached hydrogen (secondary N) is 1. The quantitative estimate of drug-likeness (QED) is 0.761. The second-order valence-corrected chi connectivity index (χ2v) is 4.91. The van der Waals surface area contributed by atoms with Crippen LogP contribution >= 0.6 is 11.8 Å². The standard InChI is InChI=1S/C12H19N3OS/c1-3-5-9(2)15-11(16)8-17-12-10(13)6-4-7-14-12/h4,6-7,9H,3,5,8,13H2,1-2H3,(H,15,16). The zero-order valence-corrected chi connectivity index (χ0v) is 11.1. The number of pyridine rings is 1. The first-order chi connectivity index (χ1) is 8.13. The normalized spacial score (nSPS) is 12.1. The zero-order chi connectivity index (χ0) is 12.7. The summed E-state index contributed by atoms with van der Waals surface area (Å²) in [5, 5.41) is 3.66. The Morgan fingerprint density at radius 2 is 2.41 bits per heavy atom. The highest BCUT2D eigenvalue weighted by atomic mass is 32.2. The highest BCUT2D eigenvalue weighted by Gasteiger charge is 2.08. The van der Waals surface area contributed by atoms with Gasteiger partial charge in [-0.25, -0.2) is 4.98 Å². The van der Waals surface area contributed by atoms with Crippen molar-refractivity contribution in [2.24, 2.45) is 0 Å². The SMILES string of the molecule is CCCC(C)NC(=O)CSc1ncccc1N. The Morgan fingerprint density at radius 3 is 3.06 bits per heavy atom. The van der Waals surface area contributed by atoms with Crippen molar-refractivity contribution >= 4 is 23.4 Å². The fourth-order valence-electron chi connectivity index (χ4n) is 1.48. The molecule has 1 amide bonds. The van der Waals surface area contributed by atoms with Crippen LogP contribution in [0.5, 0.6) is 0 Å². The molecule has 0 saturated carbocycles. The minimum Gasteiger partial charge on any atom is -0.397 e. The summed E-state index contributed by atoms with van der Waals surface area (Å²) in [7, 11) is 0. The number of thioether (sulfide) groups is 1. The topological polar surface area (TPSA) is 68.0 Å². The molecule has 5 heteroatoms. The summed E-state index contributed by atoms with van der Waals surface area (Å²) in [5.74, 6) is 0.385. The van der Waals surface area contributed by atoms with Crippen LogP contribution in [0, 0.1) is 0 Å². The van der Waals surface area contributed by atoms with Crippen molar-refractivity contribution in [3.8, 4) is 0 Å². The van der Waals surface area contributed by atoms with Crippen LogP contribution in [0.1, 0.15) is 26.7 Å². The number of hydrogen-bond acceptors (Lipinski definition) is 4. The monoisotopic (exact) mass is 253 g/mol. The van der Waals surface area contributed by atoms with Gasteiger partial charge in [-0.2, -0.15) is 0 Å². The maximum atomic E-state index is 11.6. The highest BCUT2D eigenvalue weighted by Crippen LogP contribution is 2.21. The number of nitrogens with zero attached hydrogens (tertiary/aromatic N) is 1. The number of rotatable bonds is 6. The molecular weight excluding hydrogens is 234 g/mol. The molecule has 0 aromatic carbocycles. The Labute approximate surface area is 106 Å². The molecule has 0 radical (unpaired) electrons. The molecule has 4 nitrogen and oxygen atoms in total. The van der Waals surface area contributed by atoms with Crippen LogP contribution < -0.4 is 11.1 Å². The lowest BCUT2D eigenvalue weighted by Crippen LogP contribution is -2.33. The molecule has 1 aromatic heterocycles. The molecule has 1 unspecified atom stereocenters. The fourth-order valence-corrected chi connectivity index (χ4v) is 2.20. The third-order valence-electron chi connectivity index (χ3n) is 2.27. The third kappa shape index (κ3) is 5.08. The van der Waals surface area contributed by atoms with Crippen molar-refractivity contribution in [3.05, 3.63) is 18.3 Å². The van der Waals surface area contributed by atoms with E-state index in [9.17, 15) is 4.79 Å². The van der Waals surface area contributed by atoms with Gasteiger partial charge in [-0.15, -0.1) is 0 Å². The lowest BCUT2D eigenvalue weighted by molar-refractivity contribution is -0.119. The maximum Gasteiger partial charge on any atom is 0.230 e. The first-order valence-corrected chi connectivity index (χ1v) is 6.74. The summed E-state index contributed by atoms with van der Waals surface area (Å²) in [4.78, 5) is 15.7. The second kappa shape index (κ2) is 7.17. The summed E-state index contributed by atoms with van der Waals surface area (Å²) in [6.07, 6.45) is 3.75. The predicted octanol–water partition coefficient (Wildman–Crippen LogP) is 2.06. The van der Waals surface area contributed by atoms with Crippen molar-refractivity contribution in [1.29, 1.82) is 0 Å². The van der Waals surface area contributed by atoms with E-state index in [1.807, 2.05) is 6.92 Å². The zero-order valence-electron chi connectivity index (χ0n) is 10.3. The van der Waals surface area contributed by atoms with Crippen molar-refractivity contribution in [2.45, 2.75) is 37.8 Å². The molecule has 94 valence electrons. The molecule has 0 fully saturated rings. The first-order valence-electron chi connectivity index (χ1n) is 5.76. The minimum atomic E-state index is 0.0287. The molecule has 0 aliphatic rings. The van der Waals surface area contributed by atoms with E-state index >= 15 is 0 Å². The van der Waals surface area contributed by atoms with E-state index in [0.29, 0.717) is 16.5 Å². The average Bonchev–Trinajstić information content (AvgIpc) is 2.28. The Kier molecular flexibility index (Phi) is 5.83. The predicted molar refractivity (Wildman–Crippen MR) is 71.9 cm³/mol. The molecule has 1 heterocycles. The van der Waals surface area contributed by atoms with Gasteiger partial charge < -0.3 is 11.1 Å². The van der Waals surface area contributed by atoms with Crippen LogP contribution in [0.2, 0.25) is 0 Å². The summed E-state index contributed by atoms with van der Waals surface area (Å²) in [5.41, 5.74) is 6.36. The minimum absolute atomic E-state index is 0.0287. The van der Waals surface area contributed by atoms with Crippen molar-refractivity contribution < 1.29 is 4.79 Å². The van der Waals surface area contributed by atoms with Crippen LogP contribution in [-0.2, 0) is 4.79 Å². The largest absolute Gasteiger partial charge is 0.397 e. The number of hydrogen-bond donors (Lipinski definition) is 2. The second-order valence-electron chi connectivity index (χ2n) is 3.94. The van der Waals surface area contributed by atoms with E-state index in [4.69, 9.17) is 5.73 Å². The number of anilines is 1. The molecule has 17 heavy (non-hydrogen) atoms. The first kappa shape index (κ1) is 13.8. The van der Waals surface area contributed by atoms with Gasteiger partial charge in [-0.1, -0.05) is 25.1 Å². The molecular formula is C12H19N3OS. The summed E-state index contributed by atoms with van der Waals surface area (Å²) in [6, 6.07) is 3.80. The molecule has 0 aliphatic carbocycles. The Bertz CT molecular complexity index is 371. The van der Waals surface area contributed by atoms with Gasteiger partial charge in [-0.05, 0) is 25.5 Å². The summed E-state index contributed by atoms with van der Waals surface area (Å²) < 4.78 is 0. The number of carbonyl (C=O) groups excluding carboxylic acids is 1. The highest BCUT2D eigenvalue weighted by molar-refractivity contribution is 8.00. The number of aromatic nitrogens is 1. The van der Waals surface area contributed by atoms with Gasteiger partial charge in [0.25, 0.3) is 0 Å². The van der Waals surface area contributed by atoms with Gasteiger partial charge in [-0.3, -0.25) is 4.79 Å². The van der Waals surface area contributed by atoms with E-state index < -0.39 is 0 Å². The van der Waals surface area contributed by atoms with Crippen LogP contribution in [0.3, 0.4) is 0 Å². The van der Waals surface area contributed by atoms with E-state index in [-0.39, 0.29) is 11.9 Å². The molecule has 0 spiro atoms. The van der Waals surface area contributed by atoms with Crippen LogP contribution in [0.15, 0.2) is 23.4 Å². The molecule has 0 saturated heterocycles. The van der Waals surface area contributed by atoms with E-state index in [1.165, 1.54) is 11.8 Å². The Balaban J connectivity index is 2.36. The Hall–Kier alpha value is -1.23. The van der Waals surface area contributed by atoms with Gasteiger partial charge in [0.15, 0.2) is 0 Å². The van der Waals surface area contributed by atoms with E-state index in [1.54, 1.807) is 18.3 Å².